The average Bonchev–Trinajstić information content (AvgIpc) is 1.44. The molecule has 24 aromatic rings. The third-order valence-electron chi connectivity index (χ3n) is 28.0. The molecule has 0 spiro atoms. The van der Waals surface area contributed by atoms with Crippen molar-refractivity contribution < 1.29 is 18.9 Å². The molecule has 0 saturated carbocycles. The summed E-state index contributed by atoms with van der Waals surface area (Å²) < 4.78 is 19.0. The molecule has 648 valence electrons. The highest BCUT2D eigenvalue weighted by Crippen LogP contribution is 2.54. The Morgan fingerprint density at radius 3 is 0.941 bits per heavy atom. The van der Waals surface area contributed by atoms with Crippen LogP contribution in [0.2, 0.25) is 0 Å². The minimum Gasteiger partial charge on any atom is -0.456 e. The molecule has 2 aliphatic rings. The van der Waals surface area contributed by atoms with Gasteiger partial charge in [-0.3, -0.25) is 0 Å². The first-order chi connectivity index (χ1) is 66.7. The van der Waals surface area contributed by atoms with Crippen molar-refractivity contribution in [3.8, 4) is 89.3 Å². The lowest BCUT2D eigenvalue weighted by atomic mass is 9.79. The van der Waals surface area contributed by atoms with Crippen LogP contribution in [0.1, 0.15) is 49.9 Å². The van der Waals surface area contributed by atoms with Crippen molar-refractivity contribution in [1.29, 1.82) is 0 Å². The first-order valence-electron chi connectivity index (χ1n) is 46.4. The van der Waals surface area contributed by atoms with Crippen LogP contribution in [-0.4, -0.2) is 26.3 Å². The van der Waals surface area contributed by atoms with Crippen LogP contribution >= 0.6 is 15.9 Å². The number of fused-ring (bicyclic) bond motifs is 18. The molecule has 0 fully saturated rings. The maximum Gasteiger partial charge on any atom is 0.492 e. The number of halogens is 1. The Hall–Kier alpha value is -16.3. The van der Waals surface area contributed by atoms with Gasteiger partial charge < -0.3 is 37.8 Å². The van der Waals surface area contributed by atoms with Crippen molar-refractivity contribution in [3.63, 3.8) is 0 Å². The maximum absolute atomic E-state index is 9.84. The molecule has 8 nitrogen and oxygen atoms in total. The highest BCUT2D eigenvalue weighted by Gasteiger charge is 2.38. The van der Waals surface area contributed by atoms with Gasteiger partial charge in [0.15, 0.2) is 0 Å². The summed E-state index contributed by atoms with van der Waals surface area (Å²) in [5.74, 6) is 0. The fourth-order valence-electron chi connectivity index (χ4n) is 21.3. The van der Waals surface area contributed by atoms with Gasteiger partial charge >= 0.3 is 7.12 Å². The number of rotatable bonds is 14. The molecule has 0 atom stereocenters. The van der Waals surface area contributed by atoms with E-state index in [0.29, 0.717) is 11.0 Å². The van der Waals surface area contributed by atoms with E-state index in [1.54, 1.807) is 6.07 Å². The molecule has 0 amide bonds. The number of para-hydroxylation sites is 8. The van der Waals surface area contributed by atoms with Crippen molar-refractivity contribution >= 4 is 150 Å². The zero-order valence-corrected chi connectivity index (χ0v) is 76.9. The Balaban J connectivity index is 0.000000122. The van der Waals surface area contributed by atoms with Crippen LogP contribution in [0.3, 0.4) is 0 Å². The smallest absolute Gasteiger partial charge is 0.456 e. The number of anilines is 6. The van der Waals surface area contributed by atoms with E-state index in [4.69, 9.17) is 8.83 Å². The van der Waals surface area contributed by atoms with Gasteiger partial charge in [-0.15, -0.1) is 0 Å². The zero-order chi connectivity index (χ0) is 91.4. The van der Waals surface area contributed by atoms with Gasteiger partial charge in [0, 0.05) is 126 Å². The monoisotopic (exact) mass is 1810 g/mol. The van der Waals surface area contributed by atoms with E-state index in [-0.39, 0.29) is 10.8 Å². The van der Waals surface area contributed by atoms with Crippen molar-refractivity contribution in [2.45, 2.75) is 38.5 Å². The highest BCUT2D eigenvalue weighted by molar-refractivity contribution is 9.10. The number of furan rings is 2. The third-order valence-corrected chi connectivity index (χ3v) is 28.5. The molecular weight excluding hydrogens is 1720 g/mol. The highest BCUT2D eigenvalue weighted by atomic mass is 79.9. The number of hydrogen-bond acceptors (Lipinski definition) is 6. The van der Waals surface area contributed by atoms with Crippen molar-refractivity contribution in [2.75, 3.05) is 9.80 Å². The SMILES string of the molecule is CC1(C)c2ccccc2-c2ccc(N(c3ccc(-c4ccccc4)cc3)c3ccc(-c4cccc5c4oc4c(-c6ccc7c(c6)c6ccccc6n7-c6ccccc6)cccc45)cc3)cc21.CC1(C)c2ccccc2-c2ccc(N(c3ccc(Br)cc3)c3ccc(-c4ccccc4)cc3)cc21.OB(O)c1cccc2c1oc1c(-c3ccc4c(c3)c3ccccc3n4-c3ccccc3)cccc12. The minimum atomic E-state index is -1.59. The summed E-state index contributed by atoms with van der Waals surface area (Å²) in [5.41, 5.74) is 39.0. The second-order valence-corrected chi connectivity index (χ2v) is 37.4. The predicted molar refractivity (Wildman–Crippen MR) is 572 cm³/mol. The Morgan fingerprint density at radius 1 is 0.228 bits per heavy atom. The van der Waals surface area contributed by atoms with Gasteiger partial charge in [0.05, 0.1) is 22.1 Å². The topological polar surface area (TPSA) is 83.1 Å². The van der Waals surface area contributed by atoms with Crippen molar-refractivity contribution in [1.82, 2.24) is 9.13 Å². The summed E-state index contributed by atoms with van der Waals surface area (Å²) in [6.07, 6.45) is 0. The molecule has 2 aliphatic carbocycles. The summed E-state index contributed by atoms with van der Waals surface area (Å²) in [5, 5.41) is 28.5. The fourth-order valence-corrected chi connectivity index (χ4v) is 21.6. The van der Waals surface area contributed by atoms with Crippen LogP contribution in [0.5, 0.6) is 0 Å². The third kappa shape index (κ3) is 14.2. The molecule has 0 radical (unpaired) electrons. The Bertz CT molecular complexity index is 8750. The first-order valence-corrected chi connectivity index (χ1v) is 47.2. The number of nitrogens with zero attached hydrogens (tertiary/aromatic N) is 4. The van der Waals surface area contributed by atoms with Crippen molar-refractivity contribution in [3.05, 3.63) is 488 Å². The Kier molecular flexibility index (Phi) is 20.5. The van der Waals surface area contributed by atoms with Crippen LogP contribution in [0.15, 0.2) is 474 Å². The lowest BCUT2D eigenvalue weighted by molar-refractivity contribution is 0.425. The zero-order valence-electron chi connectivity index (χ0n) is 75.3. The molecule has 0 aliphatic heterocycles. The Labute approximate surface area is 797 Å². The molecule has 136 heavy (non-hydrogen) atoms. The van der Waals surface area contributed by atoms with Crippen LogP contribution in [0, 0.1) is 0 Å². The summed E-state index contributed by atoms with van der Waals surface area (Å²) in [4.78, 5) is 4.74. The van der Waals surface area contributed by atoms with E-state index in [2.05, 4.69) is 487 Å². The van der Waals surface area contributed by atoms with Crippen LogP contribution in [0.25, 0.3) is 177 Å². The molecule has 2 N–H and O–H groups in total. The van der Waals surface area contributed by atoms with E-state index < -0.39 is 7.12 Å². The van der Waals surface area contributed by atoms with E-state index in [1.165, 1.54) is 105 Å². The maximum atomic E-state index is 9.84. The molecule has 26 rings (SSSR count). The molecular formula is C126H90BBrN4O4. The second-order valence-electron chi connectivity index (χ2n) is 36.5. The van der Waals surface area contributed by atoms with Gasteiger partial charge in [0.1, 0.15) is 22.3 Å². The van der Waals surface area contributed by atoms with Gasteiger partial charge in [-0.05, 0) is 229 Å². The fraction of sp³-hybridized carbons (Fsp3) is 0.0476. The number of aromatic nitrogens is 2. The summed E-state index contributed by atoms with van der Waals surface area (Å²) in [6.45, 7) is 9.36. The molecule has 0 bridgehead atoms. The standard InChI is InChI=1S/C63H44N2O.C33H26BrN.C30H20BNO3/c1-63(2)57-25-11-9-19-51(57)52-37-36-48(40-58(52)63)64(46-32-27-42(28-33-46)41-15-5-3-6-16-41)47-34-29-43(30-35-47)49-21-13-23-54-55-24-14-22-50(62(55)66-61(49)54)44-31-38-60-56(39-44)53-20-10-12-26-59(53)65(60)45-17-7-4-8-18-45;1-33(2)31-11-7-6-10-29(31)30-21-20-28(22-32(30)33)35(27-18-14-25(34)15-19-27)26-16-12-24(13-17-26)23-8-4-3-5-9-23;33-31(34)26-14-7-13-24-23-12-6-11-21(29(23)35-30(24)26)19-16-17-28-25(18-19)22-10-4-5-15-27(22)32(28)20-8-2-1-3-9-20/h3-40H,1-2H3;3-22H,1-2H3;1-18,33-34H. The lowest BCUT2D eigenvalue weighted by Gasteiger charge is -2.28. The van der Waals surface area contributed by atoms with Gasteiger partial charge in [-0.1, -0.05) is 359 Å². The summed E-state index contributed by atoms with van der Waals surface area (Å²) in [6, 6.07) is 164. The van der Waals surface area contributed by atoms with E-state index in [0.717, 1.165) is 127 Å². The summed E-state index contributed by atoms with van der Waals surface area (Å²) in [7, 11) is -1.59. The molecule has 10 heteroatoms. The molecule has 4 aromatic heterocycles. The van der Waals surface area contributed by atoms with Gasteiger partial charge in [-0.2, -0.15) is 0 Å². The molecule has 0 saturated heterocycles. The predicted octanol–water partition coefficient (Wildman–Crippen LogP) is 33.4. The van der Waals surface area contributed by atoms with Crippen LogP contribution in [-0.2, 0) is 10.8 Å². The minimum absolute atomic E-state index is 0.0372. The second kappa shape index (κ2) is 33.7. The van der Waals surface area contributed by atoms with E-state index >= 15 is 0 Å². The molecule has 0 unspecified atom stereocenters. The first kappa shape index (κ1) is 82.8. The lowest BCUT2D eigenvalue weighted by Crippen LogP contribution is -2.29. The number of hydrogen-bond donors (Lipinski definition) is 2. The average molecular weight is 1810 g/mol. The summed E-state index contributed by atoms with van der Waals surface area (Å²) >= 11 is 3.60. The van der Waals surface area contributed by atoms with E-state index in [1.807, 2.05) is 30.3 Å². The largest absolute Gasteiger partial charge is 0.492 e. The normalized spacial score (nSPS) is 12.6. The Morgan fingerprint density at radius 2 is 0.522 bits per heavy atom. The quantitative estimate of drug-likeness (QED) is 0.106. The molecule has 20 aromatic carbocycles. The van der Waals surface area contributed by atoms with Crippen molar-refractivity contribution in [2.24, 2.45) is 0 Å². The molecule has 4 heterocycles. The number of benzene rings is 20. The van der Waals surface area contributed by atoms with Crippen LogP contribution in [0.4, 0.5) is 34.1 Å². The van der Waals surface area contributed by atoms with Gasteiger partial charge in [0.2, 0.25) is 0 Å². The van der Waals surface area contributed by atoms with E-state index in [9.17, 15) is 10.0 Å². The van der Waals surface area contributed by atoms with Gasteiger partial charge in [0.25, 0.3) is 0 Å². The van der Waals surface area contributed by atoms with Gasteiger partial charge in [-0.25, -0.2) is 0 Å². The van der Waals surface area contributed by atoms with Crippen LogP contribution < -0.4 is 15.3 Å².